The molecule has 1 rings (SSSR count). The number of hydrogen-bond acceptors (Lipinski definition) is 2. The molecule has 0 unspecified atom stereocenters. The van der Waals surface area contributed by atoms with Gasteiger partial charge >= 0.3 is 5.97 Å². The average molecular weight is 225 g/mol. The van der Waals surface area contributed by atoms with Crippen molar-refractivity contribution in [2.45, 2.75) is 13.8 Å². The summed E-state index contributed by atoms with van der Waals surface area (Å²) in [5.74, 6) is -1.26. The number of para-hydroxylation sites is 1. The van der Waals surface area contributed by atoms with Gasteiger partial charge in [0.1, 0.15) is 5.82 Å². The molecule has 16 heavy (non-hydrogen) atoms. The summed E-state index contributed by atoms with van der Waals surface area (Å²) in [7, 11) is 1.70. The molecule has 0 spiro atoms. The molecule has 0 heterocycles. The van der Waals surface area contributed by atoms with Gasteiger partial charge < -0.3 is 10.0 Å². The van der Waals surface area contributed by atoms with Gasteiger partial charge in [-0.1, -0.05) is 19.9 Å². The first kappa shape index (κ1) is 12.5. The molecule has 0 saturated heterocycles. The number of anilines is 1. The smallest absolute Gasteiger partial charge is 0.337 e. The lowest BCUT2D eigenvalue weighted by Crippen LogP contribution is -2.25. The largest absolute Gasteiger partial charge is 0.478 e. The SMILES string of the molecule is CC(C)CN(C)c1c(F)cccc1C(=O)O. The summed E-state index contributed by atoms with van der Waals surface area (Å²) in [6.07, 6.45) is 0. The summed E-state index contributed by atoms with van der Waals surface area (Å²) < 4.78 is 13.6. The number of carbonyl (C=O) groups is 1. The highest BCUT2D eigenvalue weighted by Crippen LogP contribution is 2.24. The van der Waals surface area contributed by atoms with Gasteiger partial charge in [0.25, 0.3) is 0 Å². The van der Waals surface area contributed by atoms with Gasteiger partial charge in [0, 0.05) is 13.6 Å². The molecule has 0 aliphatic heterocycles. The Kier molecular flexibility index (Phi) is 3.88. The van der Waals surface area contributed by atoms with E-state index in [1.807, 2.05) is 13.8 Å². The molecule has 0 bridgehead atoms. The minimum atomic E-state index is -1.11. The lowest BCUT2D eigenvalue weighted by molar-refractivity contribution is 0.0697. The standard InChI is InChI=1S/C12H16FNO2/c1-8(2)7-14(3)11-9(12(15)16)5-4-6-10(11)13/h4-6,8H,7H2,1-3H3,(H,15,16). The van der Waals surface area contributed by atoms with Crippen molar-refractivity contribution in [1.29, 1.82) is 0 Å². The quantitative estimate of drug-likeness (QED) is 0.856. The lowest BCUT2D eigenvalue weighted by Gasteiger charge is -2.23. The molecule has 88 valence electrons. The van der Waals surface area contributed by atoms with Crippen molar-refractivity contribution in [2.24, 2.45) is 5.92 Å². The summed E-state index contributed by atoms with van der Waals surface area (Å²) in [5.41, 5.74) is 0.159. The Morgan fingerprint density at radius 3 is 2.62 bits per heavy atom. The predicted molar refractivity (Wildman–Crippen MR) is 61.5 cm³/mol. The fourth-order valence-electron chi connectivity index (χ4n) is 1.71. The number of nitrogens with zero attached hydrogens (tertiary/aromatic N) is 1. The van der Waals surface area contributed by atoms with Crippen molar-refractivity contribution in [3.8, 4) is 0 Å². The van der Waals surface area contributed by atoms with Gasteiger partial charge in [-0.2, -0.15) is 0 Å². The fraction of sp³-hybridized carbons (Fsp3) is 0.417. The van der Waals surface area contributed by atoms with Crippen molar-refractivity contribution in [2.75, 3.05) is 18.5 Å². The Morgan fingerprint density at radius 2 is 2.12 bits per heavy atom. The number of hydrogen-bond donors (Lipinski definition) is 1. The topological polar surface area (TPSA) is 40.5 Å². The highest BCUT2D eigenvalue weighted by molar-refractivity contribution is 5.94. The van der Waals surface area contributed by atoms with Crippen LogP contribution in [-0.4, -0.2) is 24.7 Å². The van der Waals surface area contributed by atoms with Gasteiger partial charge in [-0.25, -0.2) is 9.18 Å². The van der Waals surface area contributed by atoms with Crippen LogP contribution in [0.1, 0.15) is 24.2 Å². The van der Waals surface area contributed by atoms with Crippen LogP contribution in [0.4, 0.5) is 10.1 Å². The third kappa shape index (κ3) is 2.72. The van der Waals surface area contributed by atoms with Crippen LogP contribution in [0.15, 0.2) is 18.2 Å². The van der Waals surface area contributed by atoms with Crippen LogP contribution in [0.2, 0.25) is 0 Å². The highest BCUT2D eigenvalue weighted by Gasteiger charge is 2.18. The average Bonchev–Trinajstić information content (AvgIpc) is 2.15. The monoisotopic (exact) mass is 225 g/mol. The number of rotatable bonds is 4. The Balaban J connectivity index is 3.14. The second kappa shape index (κ2) is 4.96. The number of benzene rings is 1. The summed E-state index contributed by atoms with van der Waals surface area (Å²) in [4.78, 5) is 12.6. The third-order valence-electron chi connectivity index (χ3n) is 2.24. The van der Waals surface area contributed by atoms with Gasteiger partial charge in [0.2, 0.25) is 0 Å². The summed E-state index contributed by atoms with van der Waals surface area (Å²) >= 11 is 0. The number of carboxylic acids is 1. The van der Waals surface area contributed by atoms with E-state index in [0.29, 0.717) is 12.5 Å². The first-order chi connectivity index (χ1) is 7.43. The van der Waals surface area contributed by atoms with E-state index in [1.54, 1.807) is 11.9 Å². The van der Waals surface area contributed by atoms with Gasteiger partial charge in [-0.3, -0.25) is 0 Å². The molecule has 0 atom stereocenters. The zero-order chi connectivity index (χ0) is 12.3. The molecule has 4 heteroatoms. The summed E-state index contributed by atoms with van der Waals surface area (Å²) in [5, 5.41) is 8.98. The number of halogens is 1. The minimum Gasteiger partial charge on any atom is -0.478 e. The fourth-order valence-corrected chi connectivity index (χ4v) is 1.71. The van der Waals surface area contributed by atoms with E-state index >= 15 is 0 Å². The van der Waals surface area contributed by atoms with Gasteiger partial charge in [-0.05, 0) is 18.1 Å². The molecule has 0 aliphatic carbocycles. The van der Waals surface area contributed by atoms with E-state index in [-0.39, 0.29) is 11.3 Å². The van der Waals surface area contributed by atoms with E-state index in [4.69, 9.17) is 5.11 Å². The molecule has 0 amide bonds. The van der Waals surface area contributed by atoms with Gasteiger partial charge in [-0.15, -0.1) is 0 Å². The van der Waals surface area contributed by atoms with E-state index < -0.39 is 11.8 Å². The first-order valence-corrected chi connectivity index (χ1v) is 5.16. The number of carboxylic acid groups (broad SMARTS) is 1. The molecular weight excluding hydrogens is 209 g/mol. The maximum absolute atomic E-state index is 13.6. The Hall–Kier alpha value is -1.58. The molecule has 0 fully saturated rings. The summed E-state index contributed by atoms with van der Waals surface area (Å²) in [6.45, 7) is 4.61. The Labute approximate surface area is 94.5 Å². The maximum atomic E-state index is 13.6. The maximum Gasteiger partial charge on any atom is 0.337 e. The Morgan fingerprint density at radius 1 is 1.50 bits per heavy atom. The van der Waals surface area contributed by atoms with Crippen molar-refractivity contribution < 1.29 is 14.3 Å². The molecule has 1 N–H and O–H groups in total. The van der Waals surface area contributed by atoms with E-state index in [9.17, 15) is 9.18 Å². The molecular formula is C12H16FNO2. The van der Waals surface area contributed by atoms with E-state index in [2.05, 4.69) is 0 Å². The molecule has 0 aliphatic rings. The highest BCUT2D eigenvalue weighted by atomic mass is 19.1. The predicted octanol–water partition coefficient (Wildman–Crippen LogP) is 2.62. The van der Waals surface area contributed by atoms with Crippen molar-refractivity contribution >= 4 is 11.7 Å². The first-order valence-electron chi connectivity index (χ1n) is 5.16. The van der Waals surface area contributed by atoms with Crippen LogP contribution >= 0.6 is 0 Å². The van der Waals surface area contributed by atoms with Gasteiger partial charge in [0.15, 0.2) is 0 Å². The molecule has 1 aromatic carbocycles. The molecule has 1 aromatic rings. The second-order valence-corrected chi connectivity index (χ2v) is 4.22. The van der Waals surface area contributed by atoms with Crippen LogP contribution in [0.25, 0.3) is 0 Å². The zero-order valence-corrected chi connectivity index (χ0v) is 9.70. The van der Waals surface area contributed by atoms with Crippen LogP contribution in [-0.2, 0) is 0 Å². The molecule has 3 nitrogen and oxygen atoms in total. The third-order valence-corrected chi connectivity index (χ3v) is 2.24. The van der Waals surface area contributed by atoms with Crippen molar-refractivity contribution in [3.63, 3.8) is 0 Å². The second-order valence-electron chi connectivity index (χ2n) is 4.22. The van der Waals surface area contributed by atoms with Crippen LogP contribution in [0.5, 0.6) is 0 Å². The number of aromatic carboxylic acids is 1. The summed E-state index contributed by atoms with van der Waals surface area (Å²) in [6, 6.07) is 4.10. The van der Waals surface area contributed by atoms with Gasteiger partial charge in [0.05, 0.1) is 11.3 Å². The molecule has 0 aromatic heterocycles. The zero-order valence-electron chi connectivity index (χ0n) is 9.70. The van der Waals surface area contributed by atoms with Crippen LogP contribution in [0.3, 0.4) is 0 Å². The molecule has 0 radical (unpaired) electrons. The van der Waals surface area contributed by atoms with E-state index in [0.717, 1.165) is 0 Å². The Bertz CT molecular complexity index is 391. The van der Waals surface area contributed by atoms with E-state index in [1.165, 1.54) is 18.2 Å². The van der Waals surface area contributed by atoms with Crippen molar-refractivity contribution in [3.05, 3.63) is 29.6 Å². The minimum absolute atomic E-state index is 0.00292. The van der Waals surface area contributed by atoms with Crippen molar-refractivity contribution in [1.82, 2.24) is 0 Å². The normalized spacial score (nSPS) is 10.6. The van der Waals surface area contributed by atoms with Crippen LogP contribution in [0, 0.1) is 11.7 Å². The van der Waals surface area contributed by atoms with Crippen LogP contribution < -0.4 is 4.90 Å². The molecule has 0 saturated carbocycles. The lowest BCUT2D eigenvalue weighted by atomic mass is 10.1.